The van der Waals surface area contributed by atoms with Crippen molar-refractivity contribution >= 4 is 23.2 Å². The van der Waals surface area contributed by atoms with E-state index in [2.05, 4.69) is 16.3 Å². The number of hydrogen-bond acceptors (Lipinski definition) is 3. The van der Waals surface area contributed by atoms with E-state index in [1.165, 1.54) is 12.1 Å². The van der Waals surface area contributed by atoms with E-state index in [1.807, 2.05) is 13.0 Å². The van der Waals surface area contributed by atoms with Crippen LogP contribution in [0.5, 0.6) is 0 Å². The first-order chi connectivity index (χ1) is 13.3. The van der Waals surface area contributed by atoms with Crippen molar-refractivity contribution in [1.82, 2.24) is 5.32 Å². The maximum absolute atomic E-state index is 13.3. The second-order valence-corrected chi connectivity index (χ2v) is 7.72. The van der Waals surface area contributed by atoms with Gasteiger partial charge in [0.25, 0.3) is 0 Å². The topological polar surface area (TPSA) is 56.1 Å². The lowest BCUT2D eigenvalue weighted by molar-refractivity contribution is -0.131. The summed E-state index contributed by atoms with van der Waals surface area (Å²) in [5, 5.41) is 12.6. The minimum Gasteiger partial charge on any atom is -0.370 e. The van der Waals surface area contributed by atoms with E-state index in [4.69, 9.17) is 11.6 Å². The molecule has 2 aromatic rings. The van der Waals surface area contributed by atoms with Crippen LogP contribution in [0.25, 0.3) is 0 Å². The summed E-state index contributed by atoms with van der Waals surface area (Å²) in [5.41, 5.74) is 1.12. The van der Waals surface area contributed by atoms with Gasteiger partial charge in [0, 0.05) is 36.1 Å². The Morgan fingerprint density at radius 1 is 1.21 bits per heavy atom. The molecule has 28 heavy (non-hydrogen) atoms. The highest BCUT2D eigenvalue weighted by molar-refractivity contribution is 6.30. The molecular formula is C21H20ClF2N3O. The van der Waals surface area contributed by atoms with Crippen LogP contribution in [0.4, 0.5) is 14.5 Å². The van der Waals surface area contributed by atoms with Crippen LogP contribution < -0.4 is 10.2 Å². The second kappa shape index (κ2) is 8.15. The van der Waals surface area contributed by atoms with Crippen LogP contribution in [0.3, 0.4) is 0 Å². The predicted octanol–water partition coefficient (Wildman–Crippen LogP) is 4.41. The lowest BCUT2D eigenvalue weighted by Gasteiger charge is -2.39. The van der Waals surface area contributed by atoms with Gasteiger partial charge in [-0.3, -0.25) is 4.79 Å². The number of nitriles is 1. The molecule has 1 aliphatic rings. The number of amides is 1. The number of anilines is 1. The van der Waals surface area contributed by atoms with Crippen LogP contribution >= 0.6 is 11.6 Å². The fraction of sp³-hybridized carbons (Fsp3) is 0.333. The van der Waals surface area contributed by atoms with E-state index in [1.54, 1.807) is 12.1 Å². The van der Waals surface area contributed by atoms with Gasteiger partial charge in [0.15, 0.2) is 0 Å². The third-order valence-corrected chi connectivity index (χ3v) is 5.45. The van der Waals surface area contributed by atoms with Gasteiger partial charge in [-0.2, -0.15) is 5.26 Å². The smallest absolute Gasteiger partial charge is 0.226 e. The SMILES string of the molecule is CC1(C(=O)NCc2cc(F)cc(F)c2)CCN(c2ccc(Cl)cc2C#N)CC1. The number of piperidine rings is 1. The van der Waals surface area contributed by atoms with E-state index in [0.29, 0.717) is 42.1 Å². The standard InChI is InChI=1S/C21H20ClF2N3O/c1-21(20(28)26-13-14-8-17(23)11-18(24)9-14)4-6-27(7-5-21)19-3-2-16(22)10-15(19)12-25/h2-3,8-11H,4-7,13H2,1H3,(H,26,28). The lowest BCUT2D eigenvalue weighted by atomic mass is 9.79. The van der Waals surface area contributed by atoms with Crippen LogP contribution in [-0.2, 0) is 11.3 Å². The zero-order valence-corrected chi connectivity index (χ0v) is 16.2. The lowest BCUT2D eigenvalue weighted by Crippen LogP contribution is -2.47. The van der Waals surface area contributed by atoms with Gasteiger partial charge in [-0.05, 0) is 48.7 Å². The van der Waals surface area contributed by atoms with Crippen LogP contribution in [0.1, 0.15) is 30.9 Å². The van der Waals surface area contributed by atoms with Gasteiger partial charge in [-0.1, -0.05) is 18.5 Å². The number of nitrogens with one attached hydrogen (secondary N) is 1. The number of halogens is 3. The molecule has 3 rings (SSSR count). The van der Waals surface area contributed by atoms with E-state index >= 15 is 0 Å². The number of nitrogens with zero attached hydrogens (tertiary/aromatic N) is 2. The molecule has 1 amide bonds. The number of carbonyl (C=O) groups is 1. The van der Waals surface area contributed by atoms with Crippen molar-refractivity contribution < 1.29 is 13.6 Å². The van der Waals surface area contributed by atoms with Gasteiger partial charge in [-0.15, -0.1) is 0 Å². The van der Waals surface area contributed by atoms with Crippen molar-refractivity contribution in [1.29, 1.82) is 5.26 Å². The van der Waals surface area contributed by atoms with Crippen molar-refractivity contribution in [2.24, 2.45) is 5.41 Å². The maximum atomic E-state index is 13.3. The van der Waals surface area contributed by atoms with Gasteiger partial charge < -0.3 is 10.2 Å². The van der Waals surface area contributed by atoms with E-state index in [9.17, 15) is 18.8 Å². The summed E-state index contributed by atoms with van der Waals surface area (Å²) in [6, 6.07) is 10.6. The molecule has 0 aromatic heterocycles. The van der Waals surface area contributed by atoms with Crippen LogP contribution in [0.15, 0.2) is 36.4 Å². The van der Waals surface area contributed by atoms with Gasteiger partial charge in [0.2, 0.25) is 5.91 Å². The van der Waals surface area contributed by atoms with Crippen LogP contribution in [0, 0.1) is 28.4 Å². The quantitative estimate of drug-likeness (QED) is 0.822. The molecule has 0 bridgehead atoms. The molecule has 1 N–H and O–H groups in total. The van der Waals surface area contributed by atoms with Crippen molar-refractivity contribution in [3.05, 3.63) is 64.2 Å². The summed E-state index contributed by atoms with van der Waals surface area (Å²) in [5.74, 6) is -1.48. The number of rotatable bonds is 4. The largest absolute Gasteiger partial charge is 0.370 e. The summed E-state index contributed by atoms with van der Waals surface area (Å²) < 4.78 is 26.6. The highest BCUT2D eigenvalue weighted by Gasteiger charge is 2.37. The normalized spacial score (nSPS) is 15.8. The highest BCUT2D eigenvalue weighted by Crippen LogP contribution is 2.35. The molecule has 1 heterocycles. The summed E-state index contributed by atoms with van der Waals surface area (Å²) in [7, 11) is 0. The van der Waals surface area contributed by atoms with Crippen LogP contribution in [0.2, 0.25) is 5.02 Å². The Labute approximate surface area is 167 Å². The molecule has 0 spiro atoms. The Bertz CT molecular complexity index is 913. The second-order valence-electron chi connectivity index (χ2n) is 7.28. The van der Waals surface area contributed by atoms with Crippen molar-refractivity contribution in [2.75, 3.05) is 18.0 Å². The Morgan fingerprint density at radius 3 is 2.46 bits per heavy atom. The number of hydrogen-bond donors (Lipinski definition) is 1. The fourth-order valence-electron chi connectivity index (χ4n) is 3.45. The molecule has 1 saturated heterocycles. The maximum Gasteiger partial charge on any atom is 0.226 e. The zero-order valence-electron chi connectivity index (χ0n) is 15.4. The van der Waals surface area contributed by atoms with Crippen molar-refractivity contribution in [3.8, 4) is 6.07 Å². The molecule has 1 fully saturated rings. The third kappa shape index (κ3) is 4.42. The summed E-state index contributed by atoms with van der Waals surface area (Å²) in [6.07, 6.45) is 1.20. The molecule has 0 aliphatic carbocycles. The summed E-state index contributed by atoms with van der Waals surface area (Å²) in [6.45, 7) is 3.20. The Hall–Kier alpha value is -2.65. The zero-order chi connectivity index (χ0) is 20.3. The van der Waals surface area contributed by atoms with Gasteiger partial charge in [0.1, 0.15) is 17.7 Å². The third-order valence-electron chi connectivity index (χ3n) is 5.21. The molecule has 146 valence electrons. The highest BCUT2D eigenvalue weighted by atomic mass is 35.5. The van der Waals surface area contributed by atoms with Gasteiger partial charge >= 0.3 is 0 Å². The molecule has 2 aromatic carbocycles. The Morgan fingerprint density at radius 2 is 1.86 bits per heavy atom. The summed E-state index contributed by atoms with van der Waals surface area (Å²) >= 11 is 5.96. The molecule has 0 saturated carbocycles. The van der Waals surface area contributed by atoms with Crippen LogP contribution in [-0.4, -0.2) is 19.0 Å². The molecule has 4 nitrogen and oxygen atoms in total. The number of carbonyl (C=O) groups excluding carboxylic acids is 1. The first-order valence-corrected chi connectivity index (χ1v) is 9.36. The number of benzene rings is 2. The molecular weight excluding hydrogens is 384 g/mol. The molecule has 0 atom stereocenters. The average Bonchev–Trinajstić information content (AvgIpc) is 2.66. The minimum atomic E-state index is -0.667. The van der Waals surface area contributed by atoms with E-state index in [-0.39, 0.29) is 12.5 Å². The van der Waals surface area contributed by atoms with Gasteiger partial charge in [0.05, 0.1) is 11.3 Å². The first-order valence-electron chi connectivity index (χ1n) is 8.99. The Balaban J connectivity index is 1.62. The fourth-order valence-corrected chi connectivity index (χ4v) is 3.62. The first kappa shape index (κ1) is 20.1. The summed E-state index contributed by atoms with van der Waals surface area (Å²) in [4.78, 5) is 14.8. The molecule has 1 aliphatic heterocycles. The average molecular weight is 404 g/mol. The molecule has 0 radical (unpaired) electrons. The minimum absolute atomic E-state index is 0.0720. The van der Waals surface area contributed by atoms with E-state index < -0.39 is 17.0 Å². The molecule has 7 heteroatoms. The predicted molar refractivity (Wildman–Crippen MR) is 104 cm³/mol. The van der Waals surface area contributed by atoms with Crippen molar-refractivity contribution in [2.45, 2.75) is 26.3 Å². The monoisotopic (exact) mass is 403 g/mol. The Kier molecular flexibility index (Phi) is 5.85. The molecule has 0 unspecified atom stereocenters. The van der Waals surface area contributed by atoms with Gasteiger partial charge in [-0.25, -0.2) is 8.78 Å². The van der Waals surface area contributed by atoms with Crippen molar-refractivity contribution in [3.63, 3.8) is 0 Å². The van der Waals surface area contributed by atoms with E-state index in [0.717, 1.165) is 11.8 Å².